The van der Waals surface area contributed by atoms with E-state index in [0.29, 0.717) is 11.8 Å². The number of aromatic hydroxyl groups is 1. The Balaban J connectivity index is 1.87. The molecule has 2 aliphatic rings. The molecular formula is C16H23NO. The number of hydrogen-bond acceptors (Lipinski definition) is 2. The van der Waals surface area contributed by atoms with Crippen molar-refractivity contribution in [2.24, 2.45) is 5.92 Å². The maximum Gasteiger partial charge on any atom is 0.115 e. The van der Waals surface area contributed by atoms with Gasteiger partial charge in [-0.2, -0.15) is 0 Å². The Morgan fingerprint density at radius 1 is 1.28 bits per heavy atom. The highest BCUT2D eigenvalue weighted by Crippen LogP contribution is 2.41. The van der Waals surface area contributed by atoms with E-state index < -0.39 is 0 Å². The monoisotopic (exact) mass is 245 g/mol. The van der Waals surface area contributed by atoms with Crippen LogP contribution in [0.25, 0.3) is 0 Å². The van der Waals surface area contributed by atoms with Gasteiger partial charge >= 0.3 is 0 Å². The average molecular weight is 245 g/mol. The van der Waals surface area contributed by atoms with Gasteiger partial charge in [0.15, 0.2) is 0 Å². The second kappa shape index (κ2) is 4.58. The van der Waals surface area contributed by atoms with E-state index in [2.05, 4.69) is 24.8 Å². The Morgan fingerprint density at radius 2 is 2.11 bits per heavy atom. The maximum atomic E-state index is 9.57. The molecule has 1 aliphatic heterocycles. The van der Waals surface area contributed by atoms with Crippen LogP contribution in [0.4, 0.5) is 0 Å². The van der Waals surface area contributed by atoms with Crippen LogP contribution in [0.5, 0.6) is 5.75 Å². The molecular weight excluding hydrogens is 222 g/mol. The topological polar surface area (TPSA) is 23.5 Å². The number of hydrogen-bond donors (Lipinski definition) is 1. The quantitative estimate of drug-likeness (QED) is 0.862. The molecule has 0 radical (unpaired) electrons. The van der Waals surface area contributed by atoms with Crippen molar-refractivity contribution in [1.29, 1.82) is 0 Å². The summed E-state index contributed by atoms with van der Waals surface area (Å²) in [6.45, 7) is 5.93. The van der Waals surface area contributed by atoms with Crippen molar-refractivity contribution >= 4 is 0 Å². The predicted octanol–water partition coefficient (Wildman–Crippen LogP) is 3.50. The van der Waals surface area contributed by atoms with Gasteiger partial charge in [0.05, 0.1) is 0 Å². The zero-order valence-electron chi connectivity index (χ0n) is 11.4. The number of rotatable bonds is 2. The normalized spacial score (nSPS) is 27.9. The summed E-state index contributed by atoms with van der Waals surface area (Å²) in [7, 11) is 0. The van der Waals surface area contributed by atoms with Gasteiger partial charge in [-0.25, -0.2) is 0 Å². The molecule has 1 heterocycles. The predicted molar refractivity (Wildman–Crippen MR) is 73.7 cm³/mol. The van der Waals surface area contributed by atoms with Crippen molar-refractivity contribution in [1.82, 2.24) is 4.90 Å². The minimum absolute atomic E-state index is 0.413. The summed E-state index contributed by atoms with van der Waals surface area (Å²) >= 11 is 0. The number of phenolic OH excluding ortho intramolecular Hbond substituents is 1. The Morgan fingerprint density at radius 3 is 2.89 bits per heavy atom. The minimum atomic E-state index is 0.413. The fourth-order valence-corrected chi connectivity index (χ4v) is 3.84. The summed E-state index contributed by atoms with van der Waals surface area (Å²) in [6.07, 6.45) is 5.03. The molecule has 1 fully saturated rings. The fourth-order valence-electron chi connectivity index (χ4n) is 3.84. The molecule has 98 valence electrons. The van der Waals surface area contributed by atoms with Crippen LogP contribution in [0.1, 0.15) is 50.3 Å². The van der Waals surface area contributed by atoms with Crippen molar-refractivity contribution in [3.63, 3.8) is 0 Å². The van der Waals surface area contributed by atoms with E-state index in [9.17, 15) is 5.11 Å². The highest BCUT2D eigenvalue weighted by Gasteiger charge is 2.36. The smallest absolute Gasteiger partial charge is 0.115 e. The molecule has 0 bridgehead atoms. The SMILES string of the molecule is CC(C)C1CCCN1C1CCc2cc(O)ccc21. The number of fused-ring (bicyclic) bond motifs is 1. The van der Waals surface area contributed by atoms with Crippen molar-refractivity contribution in [3.05, 3.63) is 29.3 Å². The second-order valence-electron chi connectivity index (χ2n) is 6.13. The van der Waals surface area contributed by atoms with Crippen molar-refractivity contribution in [2.45, 2.75) is 51.6 Å². The standard InChI is InChI=1S/C16H23NO/c1-11(2)15-4-3-9-17(15)16-8-5-12-10-13(18)6-7-14(12)16/h6-7,10-11,15-16,18H,3-5,8-9H2,1-2H3. The Kier molecular flexibility index (Phi) is 3.06. The van der Waals surface area contributed by atoms with Gasteiger partial charge in [-0.3, -0.25) is 4.90 Å². The molecule has 3 rings (SSSR count). The van der Waals surface area contributed by atoms with Crippen molar-refractivity contribution < 1.29 is 5.11 Å². The molecule has 0 aromatic heterocycles. The van der Waals surface area contributed by atoms with E-state index in [1.807, 2.05) is 12.1 Å². The molecule has 1 aromatic carbocycles. The minimum Gasteiger partial charge on any atom is -0.508 e. The van der Waals surface area contributed by atoms with Crippen LogP contribution >= 0.6 is 0 Å². The molecule has 1 saturated heterocycles. The average Bonchev–Trinajstić information content (AvgIpc) is 2.92. The molecule has 2 heteroatoms. The first-order valence-electron chi connectivity index (χ1n) is 7.24. The third-order valence-electron chi connectivity index (χ3n) is 4.68. The lowest BCUT2D eigenvalue weighted by Gasteiger charge is -2.33. The molecule has 2 unspecified atom stereocenters. The number of phenols is 1. The van der Waals surface area contributed by atoms with Gasteiger partial charge in [0.1, 0.15) is 5.75 Å². The van der Waals surface area contributed by atoms with E-state index in [-0.39, 0.29) is 0 Å². The fraction of sp³-hybridized carbons (Fsp3) is 0.625. The molecule has 1 aromatic rings. The molecule has 1 aliphatic carbocycles. The Hall–Kier alpha value is -1.02. The summed E-state index contributed by atoms with van der Waals surface area (Å²) in [5.74, 6) is 1.16. The number of nitrogens with zero attached hydrogens (tertiary/aromatic N) is 1. The van der Waals surface area contributed by atoms with Gasteiger partial charge in [-0.1, -0.05) is 19.9 Å². The van der Waals surface area contributed by atoms with E-state index in [0.717, 1.165) is 18.4 Å². The Labute approximate surface area is 110 Å². The lowest BCUT2D eigenvalue weighted by Crippen LogP contribution is -2.35. The van der Waals surface area contributed by atoms with Gasteiger partial charge in [0.2, 0.25) is 0 Å². The van der Waals surface area contributed by atoms with Crippen LogP contribution < -0.4 is 0 Å². The summed E-state index contributed by atoms with van der Waals surface area (Å²) < 4.78 is 0. The van der Waals surface area contributed by atoms with Gasteiger partial charge in [-0.15, -0.1) is 0 Å². The summed E-state index contributed by atoms with van der Waals surface area (Å²) in [6, 6.07) is 7.27. The highest BCUT2D eigenvalue weighted by atomic mass is 16.3. The largest absolute Gasteiger partial charge is 0.508 e. The van der Waals surface area contributed by atoms with Gasteiger partial charge in [0.25, 0.3) is 0 Å². The first kappa shape index (κ1) is 12.0. The maximum absolute atomic E-state index is 9.57. The zero-order valence-corrected chi connectivity index (χ0v) is 11.4. The van der Waals surface area contributed by atoms with E-state index >= 15 is 0 Å². The molecule has 18 heavy (non-hydrogen) atoms. The highest BCUT2D eigenvalue weighted by molar-refractivity contribution is 5.40. The Bertz CT molecular complexity index is 441. The van der Waals surface area contributed by atoms with Crippen LogP contribution in [0.2, 0.25) is 0 Å². The molecule has 2 nitrogen and oxygen atoms in total. The first-order chi connectivity index (χ1) is 8.66. The van der Waals surface area contributed by atoms with Crippen molar-refractivity contribution in [3.8, 4) is 5.75 Å². The van der Waals surface area contributed by atoms with Gasteiger partial charge < -0.3 is 5.11 Å². The molecule has 0 saturated carbocycles. The van der Waals surface area contributed by atoms with Crippen LogP contribution in [-0.4, -0.2) is 22.6 Å². The first-order valence-corrected chi connectivity index (χ1v) is 7.24. The molecule has 0 spiro atoms. The number of benzene rings is 1. The van der Waals surface area contributed by atoms with Crippen LogP contribution in [-0.2, 0) is 6.42 Å². The molecule has 2 atom stereocenters. The summed E-state index contributed by atoms with van der Waals surface area (Å²) in [4.78, 5) is 2.72. The zero-order chi connectivity index (χ0) is 12.7. The second-order valence-corrected chi connectivity index (χ2v) is 6.13. The van der Waals surface area contributed by atoms with Crippen LogP contribution in [0, 0.1) is 5.92 Å². The molecule has 1 N–H and O–H groups in total. The van der Waals surface area contributed by atoms with Crippen molar-refractivity contribution in [2.75, 3.05) is 6.54 Å². The number of aryl methyl sites for hydroxylation is 1. The summed E-state index contributed by atoms with van der Waals surface area (Å²) in [5, 5.41) is 9.57. The van der Waals surface area contributed by atoms with E-state index in [1.54, 1.807) is 0 Å². The van der Waals surface area contributed by atoms with Gasteiger partial charge in [-0.05, 0) is 61.4 Å². The lowest BCUT2D eigenvalue weighted by molar-refractivity contribution is 0.145. The van der Waals surface area contributed by atoms with E-state index in [4.69, 9.17) is 0 Å². The number of likely N-dealkylation sites (tertiary alicyclic amines) is 1. The van der Waals surface area contributed by atoms with E-state index in [1.165, 1.54) is 36.9 Å². The summed E-state index contributed by atoms with van der Waals surface area (Å²) in [5.41, 5.74) is 2.81. The third kappa shape index (κ3) is 1.93. The lowest BCUT2D eigenvalue weighted by atomic mass is 9.99. The van der Waals surface area contributed by atoms with Crippen LogP contribution in [0.3, 0.4) is 0 Å². The van der Waals surface area contributed by atoms with Crippen LogP contribution in [0.15, 0.2) is 18.2 Å². The molecule has 0 amide bonds. The van der Waals surface area contributed by atoms with Gasteiger partial charge in [0, 0.05) is 12.1 Å². The third-order valence-corrected chi connectivity index (χ3v) is 4.68.